The van der Waals surface area contributed by atoms with Crippen molar-refractivity contribution in [3.8, 4) is 0 Å². The highest BCUT2D eigenvalue weighted by Gasteiger charge is 2.33. The first-order chi connectivity index (χ1) is 14.8. The third-order valence-corrected chi connectivity index (χ3v) is 5.96. The second-order valence-corrected chi connectivity index (χ2v) is 9.15. The van der Waals surface area contributed by atoms with Crippen molar-refractivity contribution in [1.29, 1.82) is 0 Å². The number of rotatable bonds is 8. The molecule has 2 aromatic carbocycles. The normalized spacial score (nSPS) is 11.7. The Hall–Kier alpha value is -2.79. The van der Waals surface area contributed by atoms with Crippen molar-refractivity contribution in [2.24, 2.45) is 0 Å². The molecular weight excluding hydrogens is 471 g/mol. The number of amides is 2. The Labute approximate surface area is 188 Å². The van der Waals surface area contributed by atoms with Gasteiger partial charge in [-0.1, -0.05) is 24.6 Å². The number of anilines is 2. The first-order valence-electron chi connectivity index (χ1n) is 9.35. The average Bonchev–Trinajstić information content (AvgIpc) is 2.67. The van der Waals surface area contributed by atoms with Crippen LogP contribution in [0, 0.1) is 0 Å². The van der Waals surface area contributed by atoms with Crippen LogP contribution in [0.5, 0.6) is 0 Å². The number of nitrogens with zero attached hydrogens (tertiary/aromatic N) is 1. The van der Waals surface area contributed by atoms with Gasteiger partial charge in [0.25, 0.3) is 5.91 Å². The molecule has 2 aromatic rings. The van der Waals surface area contributed by atoms with Crippen LogP contribution in [0.1, 0.15) is 29.3 Å². The molecule has 2 rings (SSSR count). The fourth-order valence-corrected chi connectivity index (χ4v) is 4.09. The molecule has 32 heavy (non-hydrogen) atoms. The first-order valence-corrected chi connectivity index (χ1v) is 11.4. The number of benzene rings is 2. The first kappa shape index (κ1) is 25.5. The minimum Gasteiger partial charge on any atom is -0.332 e. The number of nitrogens with one attached hydrogen (secondary N) is 2. The van der Waals surface area contributed by atoms with Crippen LogP contribution in [0.2, 0.25) is 5.02 Å². The molecule has 12 heteroatoms. The summed E-state index contributed by atoms with van der Waals surface area (Å²) in [5.74, 6) is -1.38. The minimum absolute atomic E-state index is 0.0774. The molecule has 0 atom stereocenters. The predicted molar refractivity (Wildman–Crippen MR) is 116 cm³/mol. The van der Waals surface area contributed by atoms with Crippen LogP contribution in [0.15, 0.2) is 42.5 Å². The zero-order valence-corrected chi connectivity index (χ0v) is 18.7. The highest BCUT2D eigenvalue weighted by atomic mass is 35.5. The third kappa shape index (κ3) is 7.13. The third-order valence-electron chi connectivity index (χ3n) is 4.14. The van der Waals surface area contributed by atoms with E-state index in [1.54, 1.807) is 6.92 Å². The van der Waals surface area contributed by atoms with Crippen LogP contribution in [-0.2, 0) is 21.0 Å². The van der Waals surface area contributed by atoms with Crippen molar-refractivity contribution >= 4 is 44.8 Å². The Kier molecular flexibility index (Phi) is 8.13. The van der Waals surface area contributed by atoms with Gasteiger partial charge in [0.15, 0.2) is 0 Å². The number of likely N-dealkylation sites (N-methyl/N-ethyl adjacent to an activating group) is 1. The Balaban J connectivity index is 2.07. The summed E-state index contributed by atoms with van der Waals surface area (Å²) in [6.07, 6.45) is -4.27. The minimum atomic E-state index is -4.69. The molecule has 0 fully saturated rings. The smallest absolute Gasteiger partial charge is 0.332 e. The summed E-state index contributed by atoms with van der Waals surface area (Å²) in [5, 5.41) is 1.79. The van der Waals surface area contributed by atoms with E-state index in [2.05, 4.69) is 10.0 Å². The molecule has 7 nitrogen and oxygen atoms in total. The summed E-state index contributed by atoms with van der Waals surface area (Å²) >= 11 is 5.55. The molecule has 0 radical (unpaired) electrons. The molecule has 0 saturated heterocycles. The molecule has 0 aliphatic heterocycles. The fraction of sp³-hybridized carbons (Fsp3) is 0.300. The lowest BCUT2D eigenvalue weighted by molar-refractivity contribution is -0.137. The highest BCUT2D eigenvalue weighted by Crippen LogP contribution is 2.36. The lowest BCUT2D eigenvalue weighted by atomic mass is 10.2. The summed E-state index contributed by atoms with van der Waals surface area (Å²) in [6.45, 7) is 1.27. The van der Waals surface area contributed by atoms with Crippen LogP contribution in [0.4, 0.5) is 24.5 Å². The van der Waals surface area contributed by atoms with E-state index in [4.69, 9.17) is 11.6 Å². The molecule has 2 N–H and O–H groups in total. The van der Waals surface area contributed by atoms with E-state index < -0.39 is 45.1 Å². The Morgan fingerprint density at radius 2 is 1.78 bits per heavy atom. The number of alkyl halides is 3. The molecule has 2 amide bonds. The molecule has 0 aromatic heterocycles. The maximum absolute atomic E-state index is 13.0. The van der Waals surface area contributed by atoms with Gasteiger partial charge in [-0.3, -0.25) is 14.3 Å². The van der Waals surface area contributed by atoms with E-state index in [-0.39, 0.29) is 22.7 Å². The van der Waals surface area contributed by atoms with Crippen LogP contribution in [0.3, 0.4) is 0 Å². The maximum Gasteiger partial charge on any atom is 0.417 e. The maximum atomic E-state index is 13.0. The van der Waals surface area contributed by atoms with E-state index in [0.717, 1.165) is 11.0 Å². The van der Waals surface area contributed by atoms with Gasteiger partial charge in [-0.25, -0.2) is 8.42 Å². The van der Waals surface area contributed by atoms with Crippen molar-refractivity contribution in [3.05, 3.63) is 58.6 Å². The highest BCUT2D eigenvalue weighted by molar-refractivity contribution is 7.92. The summed E-state index contributed by atoms with van der Waals surface area (Å²) in [6, 6.07) is 8.67. The molecule has 0 unspecified atom stereocenters. The summed E-state index contributed by atoms with van der Waals surface area (Å²) in [4.78, 5) is 25.9. The second-order valence-electron chi connectivity index (χ2n) is 6.90. The molecule has 0 heterocycles. The van der Waals surface area contributed by atoms with Crippen LogP contribution in [-0.4, -0.2) is 44.5 Å². The zero-order chi connectivity index (χ0) is 24.1. The molecule has 0 spiro atoms. The second kappa shape index (κ2) is 10.2. The summed E-state index contributed by atoms with van der Waals surface area (Å²) in [7, 11) is -2.21. The quantitative estimate of drug-likeness (QED) is 0.578. The van der Waals surface area contributed by atoms with Gasteiger partial charge in [0.05, 0.1) is 22.9 Å². The SMILES string of the molecule is CCCS(=O)(=O)Nc1cccc(C(=O)N(C)CC(=O)Nc2ccc(Cl)c(C(F)(F)F)c2)c1. The van der Waals surface area contributed by atoms with Gasteiger partial charge < -0.3 is 10.2 Å². The topological polar surface area (TPSA) is 95.6 Å². The van der Waals surface area contributed by atoms with E-state index in [9.17, 15) is 31.2 Å². The Morgan fingerprint density at radius 1 is 1.09 bits per heavy atom. The number of sulfonamides is 1. The van der Waals surface area contributed by atoms with Gasteiger partial charge in [0, 0.05) is 24.0 Å². The van der Waals surface area contributed by atoms with Crippen LogP contribution >= 0.6 is 11.6 Å². The monoisotopic (exact) mass is 491 g/mol. The Morgan fingerprint density at radius 3 is 2.41 bits per heavy atom. The lowest BCUT2D eigenvalue weighted by Gasteiger charge is -2.18. The number of hydrogen-bond donors (Lipinski definition) is 2. The lowest BCUT2D eigenvalue weighted by Crippen LogP contribution is -2.35. The zero-order valence-electron chi connectivity index (χ0n) is 17.2. The molecule has 0 aliphatic carbocycles. The van der Waals surface area contributed by atoms with Crippen molar-refractivity contribution in [3.63, 3.8) is 0 Å². The van der Waals surface area contributed by atoms with Crippen molar-refractivity contribution < 1.29 is 31.2 Å². The fourth-order valence-electron chi connectivity index (χ4n) is 2.74. The van der Waals surface area contributed by atoms with Crippen LogP contribution in [0.25, 0.3) is 0 Å². The summed E-state index contributed by atoms with van der Waals surface area (Å²) < 4.78 is 65.0. The van der Waals surface area contributed by atoms with Gasteiger partial charge in [0.2, 0.25) is 15.9 Å². The summed E-state index contributed by atoms with van der Waals surface area (Å²) in [5.41, 5.74) is -0.894. The van der Waals surface area contributed by atoms with Crippen molar-refractivity contribution in [2.75, 3.05) is 29.4 Å². The van der Waals surface area contributed by atoms with Gasteiger partial charge >= 0.3 is 6.18 Å². The van der Waals surface area contributed by atoms with Crippen LogP contribution < -0.4 is 10.0 Å². The molecule has 0 bridgehead atoms. The average molecular weight is 492 g/mol. The number of halogens is 4. The number of carbonyl (C=O) groups is 2. The van der Waals surface area contributed by atoms with Gasteiger partial charge in [-0.2, -0.15) is 13.2 Å². The molecule has 0 aliphatic rings. The van der Waals surface area contributed by atoms with Crippen molar-refractivity contribution in [2.45, 2.75) is 19.5 Å². The van der Waals surface area contributed by atoms with E-state index in [1.807, 2.05) is 0 Å². The molecular formula is C20H21ClF3N3O4S. The largest absolute Gasteiger partial charge is 0.417 e. The molecule has 174 valence electrons. The van der Waals surface area contributed by atoms with E-state index in [1.165, 1.54) is 37.4 Å². The van der Waals surface area contributed by atoms with Crippen molar-refractivity contribution in [1.82, 2.24) is 4.90 Å². The molecule has 0 saturated carbocycles. The number of carbonyl (C=O) groups excluding carboxylic acids is 2. The van der Waals surface area contributed by atoms with Gasteiger partial charge in [0.1, 0.15) is 0 Å². The van der Waals surface area contributed by atoms with Gasteiger partial charge in [-0.05, 0) is 42.8 Å². The predicted octanol–water partition coefficient (Wildman–Crippen LogP) is 4.22. The van der Waals surface area contributed by atoms with E-state index >= 15 is 0 Å². The van der Waals surface area contributed by atoms with E-state index in [0.29, 0.717) is 12.5 Å². The standard InChI is InChI=1S/C20H21ClF3N3O4S/c1-3-9-32(30,31)26-15-6-4-5-13(10-15)19(29)27(2)12-18(28)25-14-7-8-17(21)16(11-14)20(22,23)24/h4-8,10-11,26H,3,9,12H2,1-2H3,(H,25,28). The Bertz CT molecular complexity index is 1110. The number of hydrogen-bond acceptors (Lipinski definition) is 4. The van der Waals surface area contributed by atoms with Gasteiger partial charge in [-0.15, -0.1) is 0 Å².